The molecule has 0 unspecified atom stereocenters. The molecule has 6 aromatic rings. The Morgan fingerprint density at radius 3 is 2.37 bits per heavy atom. The Kier molecular flexibility index (Phi) is 7.71. The van der Waals surface area contributed by atoms with Crippen molar-refractivity contribution in [1.82, 2.24) is 19.9 Å². The summed E-state index contributed by atoms with van der Waals surface area (Å²) >= 11 is 0. The zero-order chi connectivity index (χ0) is 23.3. The summed E-state index contributed by atoms with van der Waals surface area (Å²) in [5.74, 6) is 0.697. The third kappa shape index (κ3) is 5.65. The van der Waals surface area contributed by atoms with Gasteiger partial charge in [0.2, 0.25) is 0 Å². The molecule has 0 aliphatic rings. The van der Waals surface area contributed by atoms with Crippen LogP contribution in [0.2, 0.25) is 0 Å². The molecule has 0 aliphatic heterocycles. The van der Waals surface area contributed by atoms with Crippen LogP contribution in [0.4, 0.5) is 0 Å². The van der Waals surface area contributed by atoms with Crippen molar-refractivity contribution in [2.75, 3.05) is 0 Å². The summed E-state index contributed by atoms with van der Waals surface area (Å²) in [6.45, 7) is 4.15. The Balaban J connectivity index is 0.000000171. The van der Waals surface area contributed by atoms with Crippen molar-refractivity contribution < 1.29 is 20.1 Å². The van der Waals surface area contributed by atoms with Crippen molar-refractivity contribution in [2.24, 2.45) is 0 Å². The van der Waals surface area contributed by atoms with Crippen molar-refractivity contribution >= 4 is 21.7 Å². The third-order valence-corrected chi connectivity index (χ3v) is 5.41. The SMILES string of the molecule is Cc1[c-]c(-c2ccccn2)cc(C)c1.[Ir].[c-]1ccccc1-c1ncc2ccc3cnccc3c2n1. The number of benzene rings is 3. The fraction of sp³-hybridized carbons (Fsp3) is 0.0667. The molecule has 0 spiro atoms. The molecule has 0 N–H and O–H groups in total. The Bertz CT molecular complexity index is 1550. The smallest absolute Gasteiger partial charge is 0.0756 e. The van der Waals surface area contributed by atoms with Crippen LogP contribution in [-0.4, -0.2) is 19.9 Å². The standard InChI is InChI=1S/C17H10N3.C13H12N.Ir/c1-2-4-12(5-3-1)17-19-11-14-7-6-13-10-18-9-8-15(13)16(14)20-17;1-10-7-11(2)9-12(8-10)13-5-3-4-6-14-13;/h1-4,6-11H;3-8H,1-2H3;/q2*-1;. The molecule has 0 atom stereocenters. The number of rotatable bonds is 2. The molecule has 5 heteroatoms. The van der Waals surface area contributed by atoms with Crippen LogP contribution in [0.3, 0.4) is 0 Å². The molecule has 4 nitrogen and oxygen atoms in total. The normalized spacial score (nSPS) is 10.3. The Morgan fingerprint density at radius 2 is 1.60 bits per heavy atom. The van der Waals surface area contributed by atoms with Crippen LogP contribution in [0.25, 0.3) is 44.3 Å². The van der Waals surface area contributed by atoms with Crippen molar-refractivity contribution in [3.63, 3.8) is 0 Å². The summed E-state index contributed by atoms with van der Waals surface area (Å²) < 4.78 is 0. The van der Waals surface area contributed by atoms with Crippen molar-refractivity contribution in [2.45, 2.75) is 13.8 Å². The number of nitrogens with zero attached hydrogens (tertiary/aromatic N) is 4. The molecule has 3 heterocycles. The van der Waals surface area contributed by atoms with Gasteiger partial charge in [0.05, 0.1) is 11.3 Å². The van der Waals surface area contributed by atoms with Crippen molar-refractivity contribution in [3.05, 3.63) is 121 Å². The van der Waals surface area contributed by atoms with Gasteiger partial charge in [-0.3, -0.25) is 15.0 Å². The first-order valence-electron chi connectivity index (χ1n) is 11.1. The molecule has 3 aromatic carbocycles. The number of aromatic nitrogens is 4. The molecule has 0 bridgehead atoms. The monoisotopic (exact) mass is 631 g/mol. The van der Waals surface area contributed by atoms with Crippen LogP contribution in [0.5, 0.6) is 0 Å². The van der Waals surface area contributed by atoms with E-state index < -0.39 is 0 Å². The van der Waals surface area contributed by atoms with E-state index in [1.165, 1.54) is 5.56 Å². The first-order valence-corrected chi connectivity index (χ1v) is 11.1. The Labute approximate surface area is 218 Å². The van der Waals surface area contributed by atoms with Crippen LogP contribution in [0.1, 0.15) is 11.1 Å². The molecule has 0 amide bonds. The molecule has 0 aliphatic carbocycles. The van der Waals surface area contributed by atoms with E-state index in [1.54, 1.807) is 12.4 Å². The van der Waals surface area contributed by atoms with Gasteiger partial charge >= 0.3 is 0 Å². The first kappa shape index (κ1) is 24.3. The summed E-state index contributed by atoms with van der Waals surface area (Å²) in [6, 6.07) is 30.4. The van der Waals surface area contributed by atoms with E-state index >= 15 is 0 Å². The number of hydrogen-bond donors (Lipinski definition) is 0. The van der Waals surface area contributed by atoms with Gasteiger partial charge in [0.25, 0.3) is 0 Å². The van der Waals surface area contributed by atoms with Crippen molar-refractivity contribution in [1.29, 1.82) is 0 Å². The van der Waals surface area contributed by atoms with Gasteiger partial charge in [0.15, 0.2) is 0 Å². The van der Waals surface area contributed by atoms with Gasteiger partial charge in [0.1, 0.15) is 0 Å². The Hall–Kier alpha value is -3.79. The number of pyridine rings is 2. The molecular formula is C30H22IrN4-2. The predicted molar refractivity (Wildman–Crippen MR) is 137 cm³/mol. The van der Waals surface area contributed by atoms with E-state index in [-0.39, 0.29) is 20.1 Å². The summed E-state index contributed by atoms with van der Waals surface area (Å²) in [4.78, 5) is 17.6. The van der Waals surface area contributed by atoms with E-state index in [0.29, 0.717) is 5.82 Å². The van der Waals surface area contributed by atoms with Crippen LogP contribution in [0.15, 0.2) is 97.6 Å². The van der Waals surface area contributed by atoms with Gasteiger partial charge in [-0.15, -0.1) is 70.8 Å². The van der Waals surface area contributed by atoms with Gasteiger partial charge in [-0.25, -0.2) is 0 Å². The summed E-state index contributed by atoms with van der Waals surface area (Å²) in [5.41, 5.74) is 6.32. The number of fused-ring (bicyclic) bond motifs is 3. The molecule has 0 saturated carbocycles. The second kappa shape index (κ2) is 11.1. The van der Waals surface area contributed by atoms with Gasteiger partial charge in [0, 0.05) is 61.1 Å². The maximum atomic E-state index is 4.70. The topological polar surface area (TPSA) is 51.6 Å². The predicted octanol–water partition coefficient (Wildman–Crippen LogP) is 6.81. The van der Waals surface area contributed by atoms with E-state index in [0.717, 1.165) is 44.1 Å². The largest absolute Gasteiger partial charge is 0.305 e. The minimum Gasteiger partial charge on any atom is -0.305 e. The van der Waals surface area contributed by atoms with Crippen LogP contribution >= 0.6 is 0 Å². The Morgan fingerprint density at radius 1 is 0.743 bits per heavy atom. The van der Waals surface area contributed by atoms with Crippen LogP contribution in [0, 0.1) is 26.0 Å². The molecule has 0 fully saturated rings. The third-order valence-electron chi connectivity index (χ3n) is 5.41. The second-order valence-corrected chi connectivity index (χ2v) is 8.04. The molecule has 173 valence electrons. The molecule has 1 radical (unpaired) electrons. The fourth-order valence-electron chi connectivity index (χ4n) is 3.88. The van der Waals surface area contributed by atoms with E-state index in [2.05, 4.69) is 53.1 Å². The zero-order valence-corrected chi connectivity index (χ0v) is 21.8. The van der Waals surface area contributed by atoms with Gasteiger partial charge in [-0.1, -0.05) is 38.1 Å². The minimum atomic E-state index is 0. The first-order chi connectivity index (χ1) is 16.7. The van der Waals surface area contributed by atoms with E-state index in [1.807, 2.05) is 73.1 Å². The number of hydrogen-bond acceptors (Lipinski definition) is 4. The van der Waals surface area contributed by atoms with E-state index in [9.17, 15) is 0 Å². The molecule has 6 rings (SSSR count). The summed E-state index contributed by atoms with van der Waals surface area (Å²) in [6.07, 6.45) is 7.31. The van der Waals surface area contributed by atoms with Gasteiger partial charge in [-0.05, 0) is 17.8 Å². The van der Waals surface area contributed by atoms with Gasteiger partial charge < -0.3 is 4.98 Å². The number of aryl methyl sites for hydroxylation is 2. The van der Waals surface area contributed by atoms with Crippen LogP contribution < -0.4 is 0 Å². The molecular weight excluding hydrogens is 609 g/mol. The quantitative estimate of drug-likeness (QED) is 0.156. The molecule has 3 aromatic heterocycles. The van der Waals surface area contributed by atoms with Crippen molar-refractivity contribution in [3.8, 4) is 22.6 Å². The van der Waals surface area contributed by atoms with E-state index in [4.69, 9.17) is 4.98 Å². The minimum absolute atomic E-state index is 0. The maximum absolute atomic E-state index is 4.70. The average Bonchev–Trinajstić information content (AvgIpc) is 2.89. The molecule has 35 heavy (non-hydrogen) atoms. The average molecular weight is 631 g/mol. The summed E-state index contributed by atoms with van der Waals surface area (Å²) in [5, 5.41) is 3.21. The van der Waals surface area contributed by atoms with Crippen LogP contribution in [-0.2, 0) is 20.1 Å². The zero-order valence-electron chi connectivity index (χ0n) is 19.4. The summed E-state index contributed by atoms with van der Waals surface area (Å²) in [7, 11) is 0. The second-order valence-electron chi connectivity index (χ2n) is 8.04. The maximum Gasteiger partial charge on any atom is 0.0756 e. The fourth-order valence-corrected chi connectivity index (χ4v) is 3.88. The van der Waals surface area contributed by atoms with Gasteiger partial charge in [-0.2, -0.15) is 0 Å². The molecule has 0 saturated heterocycles.